The van der Waals surface area contributed by atoms with Gasteiger partial charge in [-0.3, -0.25) is 4.98 Å². The van der Waals surface area contributed by atoms with E-state index in [-0.39, 0.29) is 16.3 Å². The van der Waals surface area contributed by atoms with Crippen LogP contribution in [-0.2, 0) is 19.9 Å². The number of ether oxygens (including phenoxy) is 2. The van der Waals surface area contributed by atoms with Gasteiger partial charge >= 0.3 is 0 Å². The van der Waals surface area contributed by atoms with E-state index in [1.165, 1.54) is 75.1 Å². The van der Waals surface area contributed by atoms with Gasteiger partial charge < -0.3 is 9.47 Å². The molecule has 1 aromatic heterocycles. The molecule has 0 amide bonds. The maximum atomic E-state index is 13.3. The van der Waals surface area contributed by atoms with Crippen LogP contribution in [0.25, 0.3) is 0 Å². The second kappa shape index (κ2) is 9.46. The molecule has 2 aromatic carbocycles. The first-order chi connectivity index (χ1) is 14.8. The summed E-state index contributed by atoms with van der Waals surface area (Å²) in [5, 5.41) is -1.18. The average Bonchev–Trinajstić information content (AvgIpc) is 2.79. The smallest absolute Gasteiger partial charge is 0.240 e. The van der Waals surface area contributed by atoms with Gasteiger partial charge in [0.15, 0.2) is 9.84 Å². The van der Waals surface area contributed by atoms with Crippen LogP contribution in [0.2, 0.25) is 0 Å². The number of hydrogen-bond donors (Lipinski definition) is 1. The lowest BCUT2D eigenvalue weighted by molar-refractivity contribution is 0.414. The van der Waals surface area contributed by atoms with Gasteiger partial charge in [0, 0.05) is 18.9 Å². The molecule has 3 aromatic rings. The van der Waals surface area contributed by atoms with E-state index in [9.17, 15) is 16.8 Å². The number of nitrogens with zero attached hydrogens (tertiary/aromatic N) is 1. The van der Waals surface area contributed by atoms with Crippen LogP contribution in [0.3, 0.4) is 0 Å². The monoisotopic (exact) mass is 462 g/mol. The summed E-state index contributed by atoms with van der Waals surface area (Å²) in [5.74, 6) is 1.02. The number of sulfonamides is 1. The van der Waals surface area contributed by atoms with Crippen molar-refractivity contribution in [1.29, 1.82) is 0 Å². The van der Waals surface area contributed by atoms with Gasteiger partial charge in [-0.2, -0.15) is 0 Å². The highest BCUT2D eigenvalue weighted by atomic mass is 32.2. The number of methoxy groups -OCH3 is 2. The van der Waals surface area contributed by atoms with Crippen LogP contribution in [0, 0.1) is 0 Å². The molecule has 3 rings (SSSR count). The van der Waals surface area contributed by atoms with Crippen LogP contribution in [0.1, 0.15) is 10.8 Å². The topological polar surface area (TPSA) is 112 Å². The molecular weight excluding hydrogens is 440 g/mol. The Balaban J connectivity index is 1.92. The third kappa shape index (κ3) is 5.22. The number of hydrogen-bond acceptors (Lipinski definition) is 7. The van der Waals surface area contributed by atoms with E-state index in [0.717, 1.165) is 0 Å². The van der Waals surface area contributed by atoms with Gasteiger partial charge in [-0.15, -0.1) is 0 Å². The molecule has 0 unspecified atom stereocenters. The van der Waals surface area contributed by atoms with Crippen LogP contribution in [0.4, 0.5) is 0 Å². The highest BCUT2D eigenvalue weighted by Gasteiger charge is 2.31. The van der Waals surface area contributed by atoms with E-state index >= 15 is 0 Å². The molecule has 0 saturated heterocycles. The molecule has 1 N–H and O–H groups in total. The van der Waals surface area contributed by atoms with Crippen molar-refractivity contribution < 1.29 is 26.3 Å². The summed E-state index contributed by atoms with van der Waals surface area (Å²) in [6.45, 7) is -0.367. The summed E-state index contributed by atoms with van der Waals surface area (Å²) in [6.07, 6.45) is 2.93. The molecule has 1 atom stereocenters. The van der Waals surface area contributed by atoms with Crippen molar-refractivity contribution in [2.45, 2.75) is 15.0 Å². The van der Waals surface area contributed by atoms with Crippen LogP contribution in [0.15, 0.2) is 82.8 Å². The van der Waals surface area contributed by atoms with Crippen molar-refractivity contribution in [1.82, 2.24) is 9.71 Å². The Kier molecular flexibility index (Phi) is 6.94. The van der Waals surface area contributed by atoms with Crippen LogP contribution in [0.5, 0.6) is 11.5 Å². The standard InChI is InChI=1S/C21H22N2O6S2/c1-28-17-5-9-19(10-6-17)30(24,25)21(16-4-3-13-22-14-16)15-23-31(26,27)20-11-7-18(29-2)8-12-20/h3-14,21,23H,15H2,1-2H3/t21-/m1/s1. The molecule has 0 saturated carbocycles. The molecule has 8 nitrogen and oxygen atoms in total. The van der Waals surface area contributed by atoms with Crippen LogP contribution < -0.4 is 14.2 Å². The van der Waals surface area contributed by atoms with Gasteiger partial charge in [0.2, 0.25) is 10.0 Å². The minimum atomic E-state index is -3.95. The molecular formula is C21H22N2O6S2. The Hall–Kier alpha value is -2.95. The minimum absolute atomic E-state index is 0.0000760. The van der Waals surface area contributed by atoms with Gasteiger partial charge in [0.25, 0.3) is 0 Å². The maximum Gasteiger partial charge on any atom is 0.240 e. The molecule has 164 valence electrons. The molecule has 0 aliphatic carbocycles. The normalized spacial score (nSPS) is 12.8. The van der Waals surface area contributed by atoms with E-state index in [2.05, 4.69) is 9.71 Å². The van der Waals surface area contributed by atoms with Crippen molar-refractivity contribution in [3.8, 4) is 11.5 Å². The quantitative estimate of drug-likeness (QED) is 0.520. The SMILES string of the molecule is COc1ccc(S(=O)(=O)NC[C@H](c2cccnc2)S(=O)(=O)c2ccc(OC)cc2)cc1. The first-order valence-corrected chi connectivity index (χ1v) is 12.2. The van der Waals surface area contributed by atoms with Gasteiger partial charge in [0.05, 0.1) is 24.0 Å². The van der Waals surface area contributed by atoms with Gasteiger partial charge in [-0.25, -0.2) is 21.6 Å². The molecule has 10 heteroatoms. The van der Waals surface area contributed by atoms with E-state index in [0.29, 0.717) is 17.1 Å². The van der Waals surface area contributed by atoms with Crippen LogP contribution >= 0.6 is 0 Å². The summed E-state index contributed by atoms with van der Waals surface area (Å²) < 4.78 is 64.7. The van der Waals surface area contributed by atoms with E-state index in [1.807, 2.05) is 0 Å². The predicted molar refractivity (Wildman–Crippen MR) is 115 cm³/mol. The van der Waals surface area contributed by atoms with Crippen molar-refractivity contribution in [3.05, 3.63) is 78.6 Å². The Morgan fingerprint density at radius 2 is 1.39 bits per heavy atom. The van der Waals surface area contributed by atoms with E-state index < -0.39 is 25.1 Å². The lowest BCUT2D eigenvalue weighted by Gasteiger charge is -2.19. The highest BCUT2D eigenvalue weighted by molar-refractivity contribution is 7.92. The minimum Gasteiger partial charge on any atom is -0.497 e. The summed E-state index contributed by atoms with van der Waals surface area (Å²) >= 11 is 0. The summed E-state index contributed by atoms with van der Waals surface area (Å²) in [5.41, 5.74) is 0.371. The van der Waals surface area contributed by atoms with Crippen LogP contribution in [-0.4, -0.2) is 42.6 Å². The molecule has 0 aliphatic heterocycles. The predicted octanol–water partition coefficient (Wildman–Crippen LogP) is 2.59. The molecule has 31 heavy (non-hydrogen) atoms. The Morgan fingerprint density at radius 1 is 0.839 bits per heavy atom. The third-order valence-corrected chi connectivity index (χ3v) is 8.20. The van der Waals surface area contributed by atoms with E-state index in [4.69, 9.17) is 9.47 Å². The first-order valence-electron chi connectivity index (χ1n) is 9.19. The van der Waals surface area contributed by atoms with Gasteiger partial charge in [-0.1, -0.05) is 6.07 Å². The molecule has 0 bridgehead atoms. The fourth-order valence-corrected chi connectivity index (χ4v) is 5.72. The molecule has 1 heterocycles. The maximum absolute atomic E-state index is 13.3. The number of pyridine rings is 1. The fourth-order valence-electron chi connectivity index (χ4n) is 2.93. The number of nitrogens with one attached hydrogen (secondary N) is 1. The number of sulfone groups is 1. The van der Waals surface area contributed by atoms with E-state index in [1.54, 1.807) is 12.1 Å². The zero-order valence-corrected chi connectivity index (χ0v) is 18.6. The molecule has 0 spiro atoms. The lowest BCUT2D eigenvalue weighted by Crippen LogP contribution is -2.32. The molecule has 0 fully saturated rings. The Labute approximate surface area is 181 Å². The van der Waals surface area contributed by atoms with Crippen molar-refractivity contribution in [3.63, 3.8) is 0 Å². The highest BCUT2D eigenvalue weighted by Crippen LogP contribution is 2.29. The Morgan fingerprint density at radius 3 is 1.87 bits per heavy atom. The van der Waals surface area contributed by atoms with Gasteiger partial charge in [-0.05, 0) is 60.2 Å². The van der Waals surface area contributed by atoms with Crippen molar-refractivity contribution in [2.75, 3.05) is 20.8 Å². The fraction of sp³-hybridized carbons (Fsp3) is 0.190. The Bertz CT molecular complexity index is 1210. The summed E-state index contributed by atoms with van der Waals surface area (Å²) in [4.78, 5) is 4.03. The third-order valence-electron chi connectivity index (χ3n) is 4.65. The number of rotatable bonds is 9. The second-order valence-electron chi connectivity index (χ2n) is 6.52. The molecule has 0 radical (unpaired) electrons. The zero-order chi connectivity index (χ0) is 22.5. The summed E-state index contributed by atoms with van der Waals surface area (Å²) in [7, 11) is -4.93. The molecule has 0 aliphatic rings. The number of aromatic nitrogens is 1. The first kappa shape index (κ1) is 22.7. The lowest BCUT2D eigenvalue weighted by atomic mass is 10.2. The zero-order valence-electron chi connectivity index (χ0n) is 16.9. The summed E-state index contributed by atoms with van der Waals surface area (Å²) in [6, 6.07) is 14.9. The second-order valence-corrected chi connectivity index (χ2v) is 10.4. The van der Waals surface area contributed by atoms with Crippen molar-refractivity contribution in [2.24, 2.45) is 0 Å². The van der Waals surface area contributed by atoms with Crippen molar-refractivity contribution >= 4 is 19.9 Å². The number of benzene rings is 2. The van der Waals surface area contributed by atoms with Gasteiger partial charge in [0.1, 0.15) is 16.7 Å². The largest absolute Gasteiger partial charge is 0.497 e. The average molecular weight is 463 g/mol.